The van der Waals surface area contributed by atoms with Crippen molar-refractivity contribution in [2.24, 2.45) is 0 Å². The molecule has 4 nitrogen and oxygen atoms in total. The molecule has 1 aromatic heterocycles. The van der Waals surface area contributed by atoms with Crippen LogP contribution in [0, 0.1) is 0 Å². The van der Waals surface area contributed by atoms with Gasteiger partial charge in [-0.1, -0.05) is 0 Å². The van der Waals surface area contributed by atoms with E-state index >= 15 is 0 Å². The van der Waals surface area contributed by atoms with Crippen molar-refractivity contribution in [1.29, 1.82) is 0 Å². The molecule has 0 fully saturated rings. The number of anilines is 2. The minimum absolute atomic E-state index is 0.194. The highest BCUT2D eigenvalue weighted by Crippen LogP contribution is 2.05. The predicted octanol–water partition coefficient (Wildman–Crippen LogP) is 1.50. The van der Waals surface area contributed by atoms with E-state index in [9.17, 15) is 0 Å². The van der Waals surface area contributed by atoms with Crippen molar-refractivity contribution < 1.29 is 4.74 Å². The number of hydrogen-bond donors (Lipinski definition) is 2. The summed E-state index contributed by atoms with van der Waals surface area (Å²) in [5.41, 5.74) is 6.19. The third-order valence-electron chi connectivity index (χ3n) is 1.81. The molecular weight excluding hydrogens is 178 g/mol. The van der Waals surface area contributed by atoms with Crippen molar-refractivity contribution in [3.05, 3.63) is 18.3 Å². The second-order valence-electron chi connectivity index (χ2n) is 3.12. The number of nitrogen functional groups attached to an aromatic ring is 1. The lowest BCUT2D eigenvalue weighted by Crippen LogP contribution is -2.20. The number of rotatable bonds is 5. The molecule has 78 valence electrons. The van der Waals surface area contributed by atoms with Crippen LogP contribution in [-0.4, -0.2) is 24.2 Å². The molecule has 0 saturated heterocycles. The fraction of sp³-hybridized carbons (Fsp3) is 0.500. The van der Waals surface area contributed by atoms with E-state index in [1.165, 1.54) is 0 Å². The number of nitrogens with zero attached hydrogens (tertiary/aromatic N) is 1. The lowest BCUT2D eigenvalue weighted by molar-refractivity contribution is 0.0855. The first-order valence-electron chi connectivity index (χ1n) is 4.79. The Bertz CT molecular complexity index is 261. The summed E-state index contributed by atoms with van der Waals surface area (Å²) in [6.45, 7) is 5.49. The van der Waals surface area contributed by atoms with Crippen molar-refractivity contribution in [3.8, 4) is 0 Å². The topological polar surface area (TPSA) is 60.2 Å². The second-order valence-corrected chi connectivity index (χ2v) is 3.12. The number of aromatic nitrogens is 1. The molecule has 0 saturated carbocycles. The van der Waals surface area contributed by atoms with E-state index < -0.39 is 0 Å². The van der Waals surface area contributed by atoms with Gasteiger partial charge in [-0.3, -0.25) is 0 Å². The molecule has 4 heteroatoms. The van der Waals surface area contributed by atoms with Crippen LogP contribution in [0.1, 0.15) is 13.8 Å². The zero-order valence-electron chi connectivity index (χ0n) is 8.66. The molecule has 0 aliphatic rings. The maximum absolute atomic E-state index is 5.52. The summed E-state index contributed by atoms with van der Waals surface area (Å²) in [5, 5.41) is 3.16. The van der Waals surface area contributed by atoms with Gasteiger partial charge in [0.1, 0.15) is 5.82 Å². The Morgan fingerprint density at radius 2 is 2.36 bits per heavy atom. The predicted molar refractivity (Wildman–Crippen MR) is 58.2 cm³/mol. The van der Waals surface area contributed by atoms with Gasteiger partial charge in [-0.2, -0.15) is 0 Å². The summed E-state index contributed by atoms with van der Waals surface area (Å²) in [6, 6.07) is 3.68. The van der Waals surface area contributed by atoms with Gasteiger partial charge in [0.25, 0.3) is 0 Å². The Balaban J connectivity index is 2.34. The Morgan fingerprint density at radius 1 is 1.57 bits per heavy atom. The van der Waals surface area contributed by atoms with Gasteiger partial charge in [0, 0.05) is 13.2 Å². The number of nitrogens with one attached hydrogen (secondary N) is 1. The van der Waals surface area contributed by atoms with Gasteiger partial charge in [0.15, 0.2) is 0 Å². The number of ether oxygens (including phenoxy) is 1. The highest BCUT2D eigenvalue weighted by atomic mass is 16.5. The number of nitrogens with two attached hydrogens (primary N) is 1. The molecule has 1 rings (SSSR count). The Morgan fingerprint density at radius 3 is 2.93 bits per heavy atom. The summed E-state index contributed by atoms with van der Waals surface area (Å²) in [5.74, 6) is 0.825. The third kappa shape index (κ3) is 3.62. The Kier molecular flexibility index (Phi) is 4.19. The molecule has 0 amide bonds. The quantitative estimate of drug-likeness (QED) is 0.747. The standard InChI is InChI=1S/C10H17N3O/c1-3-14-8(2)6-12-10-5-4-9(11)7-13-10/h4-5,7-8H,3,6,11H2,1-2H3,(H,12,13). The normalized spacial score (nSPS) is 12.4. The van der Waals surface area contributed by atoms with Gasteiger partial charge in [0.05, 0.1) is 18.0 Å². The molecule has 0 aromatic carbocycles. The maximum atomic E-state index is 5.52. The Hall–Kier alpha value is -1.29. The second kappa shape index (κ2) is 5.44. The fourth-order valence-electron chi connectivity index (χ4n) is 1.10. The van der Waals surface area contributed by atoms with Gasteiger partial charge in [-0.25, -0.2) is 4.98 Å². The van der Waals surface area contributed by atoms with Gasteiger partial charge in [0.2, 0.25) is 0 Å². The van der Waals surface area contributed by atoms with Crippen molar-refractivity contribution >= 4 is 11.5 Å². The summed E-state index contributed by atoms with van der Waals surface area (Å²) in [6.07, 6.45) is 1.83. The first kappa shape index (κ1) is 10.8. The van der Waals surface area contributed by atoms with E-state index in [4.69, 9.17) is 10.5 Å². The molecule has 14 heavy (non-hydrogen) atoms. The van der Waals surface area contributed by atoms with Crippen LogP contribution in [0.3, 0.4) is 0 Å². The van der Waals surface area contributed by atoms with Gasteiger partial charge in [-0.15, -0.1) is 0 Å². The molecule has 1 atom stereocenters. The van der Waals surface area contributed by atoms with E-state index in [1.807, 2.05) is 26.0 Å². The Labute approximate surface area is 84.5 Å². The van der Waals surface area contributed by atoms with Crippen molar-refractivity contribution in [2.45, 2.75) is 20.0 Å². The molecule has 1 heterocycles. The van der Waals surface area contributed by atoms with E-state index in [-0.39, 0.29) is 6.10 Å². The van der Waals surface area contributed by atoms with Crippen LogP contribution in [0.2, 0.25) is 0 Å². The van der Waals surface area contributed by atoms with Gasteiger partial charge >= 0.3 is 0 Å². The minimum Gasteiger partial charge on any atom is -0.397 e. The first-order valence-corrected chi connectivity index (χ1v) is 4.79. The highest BCUT2D eigenvalue weighted by Gasteiger charge is 2.00. The van der Waals surface area contributed by atoms with Gasteiger partial charge in [-0.05, 0) is 26.0 Å². The molecule has 0 spiro atoms. The lowest BCUT2D eigenvalue weighted by Gasteiger charge is -2.12. The van der Waals surface area contributed by atoms with E-state index in [0.29, 0.717) is 5.69 Å². The fourth-order valence-corrected chi connectivity index (χ4v) is 1.10. The summed E-state index contributed by atoms with van der Waals surface area (Å²) in [4.78, 5) is 4.12. The van der Waals surface area contributed by atoms with Crippen LogP contribution in [-0.2, 0) is 4.74 Å². The van der Waals surface area contributed by atoms with E-state index in [2.05, 4.69) is 10.3 Å². The third-order valence-corrected chi connectivity index (χ3v) is 1.81. The molecule has 0 bridgehead atoms. The molecule has 3 N–H and O–H groups in total. The lowest BCUT2D eigenvalue weighted by atomic mass is 10.3. The van der Waals surface area contributed by atoms with Crippen LogP contribution in [0.5, 0.6) is 0 Å². The molecule has 0 aliphatic heterocycles. The summed E-state index contributed by atoms with van der Waals surface area (Å²) >= 11 is 0. The van der Waals surface area contributed by atoms with Crippen LogP contribution < -0.4 is 11.1 Å². The zero-order chi connectivity index (χ0) is 10.4. The zero-order valence-corrected chi connectivity index (χ0v) is 8.66. The molecule has 0 radical (unpaired) electrons. The first-order chi connectivity index (χ1) is 6.72. The van der Waals surface area contributed by atoms with E-state index in [0.717, 1.165) is 19.0 Å². The van der Waals surface area contributed by atoms with Crippen LogP contribution in [0.25, 0.3) is 0 Å². The van der Waals surface area contributed by atoms with Crippen LogP contribution in [0.4, 0.5) is 11.5 Å². The number of hydrogen-bond acceptors (Lipinski definition) is 4. The summed E-state index contributed by atoms with van der Waals surface area (Å²) < 4.78 is 5.37. The van der Waals surface area contributed by atoms with Crippen LogP contribution >= 0.6 is 0 Å². The largest absolute Gasteiger partial charge is 0.397 e. The minimum atomic E-state index is 0.194. The highest BCUT2D eigenvalue weighted by molar-refractivity contribution is 5.43. The molecule has 1 unspecified atom stereocenters. The van der Waals surface area contributed by atoms with Crippen LogP contribution in [0.15, 0.2) is 18.3 Å². The van der Waals surface area contributed by atoms with Crippen molar-refractivity contribution in [2.75, 3.05) is 24.2 Å². The summed E-state index contributed by atoms with van der Waals surface area (Å²) in [7, 11) is 0. The molecule has 1 aromatic rings. The molecular formula is C10H17N3O. The maximum Gasteiger partial charge on any atom is 0.126 e. The van der Waals surface area contributed by atoms with E-state index in [1.54, 1.807) is 6.20 Å². The number of pyridine rings is 1. The average molecular weight is 195 g/mol. The SMILES string of the molecule is CCOC(C)CNc1ccc(N)cn1. The van der Waals surface area contributed by atoms with Gasteiger partial charge < -0.3 is 15.8 Å². The average Bonchev–Trinajstić information content (AvgIpc) is 2.17. The van der Waals surface area contributed by atoms with Crippen molar-refractivity contribution in [3.63, 3.8) is 0 Å². The smallest absolute Gasteiger partial charge is 0.126 e. The van der Waals surface area contributed by atoms with Crippen molar-refractivity contribution in [1.82, 2.24) is 4.98 Å². The molecule has 0 aliphatic carbocycles. The monoisotopic (exact) mass is 195 g/mol.